The summed E-state index contributed by atoms with van der Waals surface area (Å²) in [6, 6.07) is 8.78. The van der Waals surface area contributed by atoms with Gasteiger partial charge in [0.25, 0.3) is 0 Å². The third-order valence-corrected chi connectivity index (χ3v) is 5.17. The van der Waals surface area contributed by atoms with Gasteiger partial charge in [0.1, 0.15) is 17.3 Å². The quantitative estimate of drug-likeness (QED) is 0.737. The molecule has 0 saturated heterocycles. The minimum absolute atomic E-state index is 0.269. The molecule has 140 valence electrons. The lowest BCUT2D eigenvalue weighted by molar-refractivity contribution is 0.325. The van der Waals surface area contributed by atoms with Gasteiger partial charge in [0.15, 0.2) is 5.82 Å². The number of rotatable bonds is 4. The Balaban J connectivity index is 1.83. The molecular weight excluding hydrogens is 343 g/mol. The van der Waals surface area contributed by atoms with E-state index in [2.05, 4.69) is 24.8 Å². The lowest BCUT2D eigenvalue weighted by Crippen LogP contribution is -2.28. The molecule has 1 fully saturated rings. The zero-order valence-corrected chi connectivity index (χ0v) is 15.3. The Kier molecular flexibility index (Phi) is 4.85. The summed E-state index contributed by atoms with van der Waals surface area (Å²) < 4.78 is 15.6. The second-order valence-corrected chi connectivity index (χ2v) is 6.94. The van der Waals surface area contributed by atoms with Crippen LogP contribution in [-0.2, 0) is 0 Å². The van der Waals surface area contributed by atoms with Crippen molar-refractivity contribution in [3.63, 3.8) is 0 Å². The highest BCUT2D eigenvalue weighted by atomic mass is 19.1. The first kappa shape index (κ1) is 17.6. The highest BCUT2D eigenvalue weighted by molar-refractivity contribution is 5.75. The van der Waals surface area contributed by atoms with Gasteiger partial charge in [0.2, 0.25) is 0 Å². The molecule has 3 aromatic rings. The third kappa shape index (κ3) is 3.55. The molecule has 1 aliphatic rings. The smallest absolute Gasteiger partial charge is 0.180 e. The lowest BCUT2D eigenvalue weighted by Gasteiger charge is -2.28. The van der Waals surface area contributed by atoms with Gasteiger partial charge in [-0.15, -0.1) is 0 Å². The number of nitrogens with zero attached hydrogens (tertiary/aromatic N) is 4. The number of aromatic nitrogens is 4. The van der Waals surface area contributed by atoms with Crippen LogP contribution in [0.3, 0.4) is 0 Å². The van der Waals surface area contributed by atoms with Gasteiger partial charge in [-0.05, 0) is 56.0 Å². The Bertz CT molecular complexity index is 912. The maximum atomic E-state index is 13.4. The molecule has 1 aromatic carbocycles. The predicted octanol–water partition coefficient (Wildman–Crippen LogP) is 3.63. The molecule has 4 rings (SSSR count). The van der Waals surface area contributed by atoms with Crippen molar-refractivity contribution < 1.29 is 4.39 Å². The van der Waals surface area contributed by atoms with E-state index in [-0.39, 0.29) is 11.9 Å². The molecule has 0 spiro atoms. The molecule has 27 heavy (non-hydrogen) atoms. The summed E-state index contributed by atoms with van der Waals surface area (Å²) in [5, 5.41) is 3.05. The van der Waals surface area contributed by atoms with Crippen LogP contribution in [0.1, 0.15) is 31.7 Å². The maximum Gasteiger partial charge on any atom is 0.180 e. The Morgan fingerprint density at radius 2 is 1.81 bits per heavy atom. The standard InChI is InChI=1S/C20H23FN6/c1-23-17-10-11-24-20(26-17)19-18(13-2-4-14(21)5-3-13)25-12-27(19)16-8-6-15(22)7-9-16/h2-5,10-12,15-16H,6-9,22H2,1H3,(H,23,24,26). The van der Waals surface area contributed by atoms with E-state index in [1.54, 1.807) is 18.3 Å². The van der Waals surface area contributed by atoms with E-state index in [1.165, 1.54) is 12.1 Å². The van der Waals surface area contributed by atoms with Crippen LogP contribution in [0.2, 0.25) is 0 Å². The molecule has 3 N–H and O–H groups in total. The van der Waals surface area contributed by atoms with Gasteiger partial charge in [-0.1, -0.05) is 0 Å². The lowest BCUT2D eigenvalue weighted by atomic mass is 9.91. The van der Waals surface area contributed by atoms with Gasteiger partial charge in [-0.25, -0.2) is 19.3 Å². The molecule has 1 aliphatic carbocycles. The number of hydrogen-bond acceptors (Lipinski definition) is 5. The summed E-state index contributed by atoms with van der Waals surface area (Å²) in [5.74, 6) is 1.08. The average Bonchev–Trinajstić information content (AvgIpc) is 3.14. The molecule has 0 bridgehead atoms. The van der Waals surface area contributed by atoms with Crippen LogP contribution in [0.15, 0.2) is 42.9 Å². The first-order chi connectivity index (χ1) is 13.2. The fourth-order valence-corrected chi connectivity index (χ4v) is 3.67. The number of imidazole rings is 1. The Morgan fingerprint density at radius 3 is 2.52 bits per heavy atom. The van der Waals surface area contributed by atoms with E-state index in [0.717, 1.165) is 48.5 Å². The number of nitrogens with two attached hydrogens (primary N) is 1. The van der Waals surface area contributed by atoms with Crippen molar-refractivity contribution in [1.29, 1.82) is 0 Å². The SMILES string of the molecule is CNc1ccnc(-c2c(-c3ccc(F)cc3)ncn2C2CCC(N)CC2)n1. The van der Waals surface area contributed by atoms with Crippen molar-refractivity contribution in [1.82, 2.24) is 19.5 Å². The van der Waals surface area contributed by atoms with Crippen molar-refractivity contribution in [3.8, 4) is 22.8 Å². The van der Waals surface area contributed by atoms with Gasteiger partial charge in [0.05, 0.1) is 12.0 Å². The minimum Gasteiger partial charge on any atom is -0.373 e. The van der Waals surface area contributed by atoms with Gasteiger partial charge < -0.3 is 15.6 Å². The van der Waals surface area contributed by atoms with Crippen LogP contribution < -0.4 is 11.1 Å². The number of anilines is 1. The van der Waals surface area contributed by atoms with E-state index in [0.29, 0.717) is 11.9 Å². The molecule has 6 nitrogen and oxygen atoms in total. The minimum atomic E-state index is -0.269. The van der Waals surface area contributed by atoms with Crippen molar-refractivity contribution in [3.05, 3.63) is 48.7 Å². The third-order valence-electron chi connectivity index (χ3n) is 5.17. The van der Waals surface area contributed by atoms with Gasteiger partial charge in [-0.3, -0.25) is 0 Å². The normalized spacial score (nSPS) is 19.8. The first-order valence-electron chi connectivity index (χ1n) is 9.25. The summed E-state index contributed by atoms with van der Waals surface area (Å²) in [6.45, 7) is 0. The van der Waals surface area contributed by atoms with Crippen molar-refractivity contribution >= 4 is 5.82 Å². The molecule has 7 heteroatoms. The van der Waals surface area contributed by atoms with Gasteiger partial charge in [0, 0.05) is 30.9 Å². The van der Waals surface area contributed by atoms with E-state index < -0.39 is 0 Å². The number of nitrogens with one attached hydrogen (secondary N) is 1. The van der Waals surface area contributed by atoms with Crippen molar-refractivity contribution in [2.45, 2.75) is 37.8 Å². The van der Waals surface area contributed by atoms with Crippen LogP contribution in [0.25, 0.3) is 22.8 Å². The first-order valence-corrected chi connectivity index (χ1v) is 9.25. The molecule has 0 aliphatic heterocycles. The monoisotopic (exact) mass is 366 g/mol. The van der Waals surface area contributed by atoms with Crippen molar-refractivity contribution in [2.75, 3.05) is 12.4 Å². The fourth-order valence-electron chi connectivity index (χ4n) is 3.67. The van der Waals surface area contributed by atoms with Crippen LogP contribution in [0.4, 0.5) is 10.2 Å². The predicted molar refractivity (Wildman–Crippen MR) is 104 cm³/mol. The fraction of sp³-hybridized carbons (Fsp3) is 0.350. The Labute approximate surface area is 157 Å². The van der Waals surface area contributed by atoms with Crippen LogP contribution in [0, 0.1) is 5.82 Å². The Morgan fingerprint density at radius 1 is 1.07 bits per heavy atom. The van der Waals surface area contributed by atoms with Gasteiger partial charge >= 0.3 is 0 Å². The molecule has 2 heterocycles. The summed E-state index contributed by atoms with van der Waals surface area (Å²) in [6.07, 6.45) is 7.57. The van der Waals surface area contributed by atoms with Crippen LogP contribution in [-0.4, -0.2) is 32.6 Å². The summed E-state index contributed by atoms with van der Waals surface area (Å²) in [5.41, 5.74) is 8.55. The van der Waals surface area contributed by atoms with E-state index in [4.69, 9.17) is 5.73 Å². The van der Waals surface area contributed by atoms with Crippen LogP contribution in [0.5, 0.6) is 0 Å². The highest BCUT2D eigenvalue weighted by Crippen LogP contribution is 2.36. The number of hydrogen-bond donors (Lipinski definition) is 2. The zero-order valence-electron chi connectivity index (χ0n) is 15.3. The molecule has 2 aromatic heterocycles. The van der Waals surface area contributed by atoms with E-state index in [9.17, 15) is 4.39 Å². The van der Waals surface area contributed by atoms with Crippen molar-refractivity contribution in [2.24, 2.45) is 5.73 Å². The summed E-state index contributed by atoms with van der Waals surface area (Å²) >= 11 is 0. The summed E-state index contributed by atoms with van der Waals surface area (Å²) in [4.78, 5) is 13.8. The topological polar surface area (TPSA) is 81.7 Å². The van der Waals surface area contributed by atoms with Gasteiger partial charge in [-0.2, -0.15) is 0 Å². The largest absolute Gasteiger partial charge is 0.373 e. The Hall–Kier alpha value is -2.80. The molecule has 0 unspecified atom stereocenters. The number of benzene rings is 1. The summed E-state index contributed by atoms with van der Waals surface area (Å²) in [7, 11) is 1.83. The number of halogens is 1. The second kappa shape index (κ2) is 7.44. The molecular formula is C20H23FN6. The van der Waals surface area contributed by atoms with Crippen LogP contribution >= 0.6 is 0 Å². The molecule has 0 atom stereocenters. The average molecular weight is 366 g/mol. The molecule has 1 saturated carbocycles. The second-order valence-electron chi connectivity index (χ2n) is 6.94. The van der Waals surface area contributed by atoms with E-state index in [1.807, 2.05) is 19.4 Å². The zero-order chi connectivity index (χ0) is 18.8. The maximum absolute atomic E-state index is 13.4. The highest BCUT2D eigenvalue weighted by Gasteiger charge is 2.26. The molecule has 0 radical (unpaired) electrons. The van der Waals surface area contributed by atoms with E-state index >= 15 is 0 Å². The molecule has 0 amide bonds.